The third-order valence-electron chi connectivity index (χ3n) is 6.53. The van der Waals surface area contributed by atoms with Gasteiger partial charge in [-0.15, -0.1) is 0 Å². The van der Waals surface area contributed by atoms with Crippen molar-refractivity contribution in [3.63, 3.8) is 0 Å². The zero-order valence-electron chi connectivity index (χ0n) is 19.8. The van der Waals surface area contributed by atoms with Crippen LogP contribution in [0.25, 0.3) is 0 Å². The van der Waals surface area contributed by atoms with Crippen molar-refractivity contribution in [1.29, 1.82) is 0 Å². The Bertz CT molecular complexity index is 1370. The SMILES string of the molecule is CCc1ccccc1C(=O)Nc1ccc(C(=O)N2CCC(F)(F)[C@](O)(CO)c3cc(Cl)ccc32)cc1F. The third-order valence-corrected chi connectivity index (χ3v) is 6.77. The quantitative estimate of drug-likeness (QED) is 0.423. The number of amides is 2. The molecule has 0 unspecified atom stereocenters. The third kappa shape index (κ3) is 4.82. The van der Waals surface area contributed by atoms with E-state index in [0.717, 1.165) is 22.6 Å². The number of anilines is 2. The number of fused-ring (bicyclic) bond motifs is 1. The summed E-state index contributed by atoms with van der Waals surface area (Å²) in [5.74, 6) is -6.00. The van der Waals surface area contributed by atoms with Crippen LogP contribution in [0.3, 0.4) is 0 Å². The fourth-order valence-electron chi connectivity index (χ4n) is 4.41. The zero-order chi connectivity index (χ0) is 27.0. The van der Waals surface area contributed by atoms with E-state index in [0.29, 0.717) is 12.0 Å². The average molecular weight is 533 g/mol. The number of alkyl halides is 2. The molecule has 0 aromatic heterocycles. The summed E-state index contributed by atoms with van der Waals surface area (Å²) < 4.78 is 44.8. The fourth-order valence-corrected chi connectivity index (χ4v) is 4.58. The molecule has 0 bridgehead atoms. The molecule has 2 amide bonds. The van der Waals surface area contributed by atoms with Crippen molar-refractivity contribution in [3.8, 4) is 0 Å². The number of aliphatic hydroxyl groups excluding tert-OH is 1. The van der Waals surface area contributed by atoms with Gasteiger partial charge < -0.3 is 20.4 Å². The van der Waals surface area contributed by atoms with Crippen molar-refractivity contribution in [2.75, 3.05) is 23.4 Å². The Morgan fingerprint density at radius 3 is 2.51 bits per heavy atom. The lowest BCUT2D eigenvalue weighted by Gasteiger charge is -2.33. The van der Waals surface area contributed by atoms with Gasteiger partial charge >= 0.3 is 0 Å². The van der Waals surface area contributed by atoms with Crippen LogP contribution in [0, 0.1) is 5.82 Å². The van der Waals surface area contributed by atoms with Gasteiger partial charge in [-0.1, -0.05) is 36.7 Å². The van der Waals surface area contributed by atoms with Gasteiger partial charge in [-0.3, -0.25) is 9.59 Å². The Balaban J connectivity index is 1.66. The van der Waals surface area contributed by atoms with Gasteiger partial charge in [0.15, 0.2) is 5.60 Å². The van der Waals surface area contributed by atoms with E-state index in [9.17, 15) is 33.0 Å². The first-order valence-electron chi connectivity index (χ1n) is 11.5. The number of hydrogen-bond donors (Lipinski definition) is 3. The van der Waals surface area contributed by atoms with Gasteiger partial charge in [-0.25, -0.2) is 13.2 Å². The monoisotopic (exact) mass is 532 g/mol. The maximum atomic E-state index is 15.0. The number of aliphatic hydroxyl groups is 2. The van der Waals surface area contributed by atoms with E-state index in [1.54, 1.807) is 24.3 Å². The molecule has 0 aliphatic carbocycles. The summed E-state index contributed by atoms with van der Waals surface area (Å²) in [4.78, 5) is 27.0. The van der Waals surface area contributed by atoms with E-state index in [1.165, 1.54) is 24.3 Å². The van der Waals surface area contributed by atoms with Gasteiger partial charge in [0.05, 0.1) is 18.0 Å². The van der Waals surface area contributed by atoms with Crippen molar-refractivity contribution < 1.29 is 33.0 Å². The summed E-state index contributed by atoms with van der Waals surface area (Å²) in [5, 5.41) is 22.9. The van der Waals surface area contributed by atoms with Crippen LogP contribution >= 0.6 is 11.6 Å². The molecule has 1 aliphatic heterocycles. The Morgan fingerprint density at radius 2 is 1.84 bits per heavy atom. The van der Waals surface area contributed by atoms with Crippen LogP contribution in [0.1, 0.15) is 45.2 Å². The molecule has 4 rings (SSSR count). The Hall–Kier alpha value is -3.40. The summed E-state index contributed by atoms with van der Waals surface area (Å²) in [6.07, 6.45) is -0.359. The van der Waals surface area contributed by atoms with E-state index >= 15 is 0 Å². The van der Waals surface area contributed by atoms with Crippen LogP contribution in [0.15, 0.2) is 60.7 Å². The Kier molecular flexibility index (Phi) is 7.32. The Labute approximate surface area is 216 Å². The first-order valence-corrected chi connectivity index (χ1v) is 11.9. The molecule has 3 N–H and O–H groups in total. The molecule has 1 heterocycles. The first kappa shape index (κ1) is 26.7. The number of benzene rings is 3. The van der Waals surface area contributed by atoms with Crippen molar-refractivity contribution in [2.24, 2.45) is 0 Å². The normalized spacial score (nSPS) is 18.6. The van der Waals surface area contributed by atoms with Gasteiger partial charge in [0.25, 0.3) is 17.7 Å². The van der Waals surface area contributed by atoms with Crippen molar-refractivity contribution >= 4 is 34.8 Å². The number of nitrogens with zero attached hydrogens (tertiary/aromatic N) is 1. The van der Waals surface area contributed by atoms with E-state index in [-0.39, 0.29) is 22.0 Å². The summed E-state index contributed by atoms with van der Waals surface area (Å²) in [7, 11) is 0. The molecule has 37 heavy (non-hydrogen) atoms. The molecule has 194 valence electrons. The minimum atomic E-state index is -3.79. The van der Waals surface area contributed by atoms with Gasteiger partial charge in [-0.05, 0) is 54.4 Å². The molecule has 3 aromatic rings. The Morgan fingerprint density at radius 1 is 1.11 bits per heavy atom. The molecule has 3 aromatic carbocycles. The molecule has 0 spiro atoms. The highest BCUT2D eigenvalue weighted by molar-refractivity contribution is 6.30. The summed E-state index contributed by atoms with van der Waals surface area (Å²) in [6.45, 7) is 0.0650. The number of aryl methyl sites for hydroxylation is 1. The predicted molar refractivity (Wildman–Crippen MR) is 134 cm³/mol. The van der Waals surface area contributed by atoms with Gasteiger partial charge in [0.2, 0.25) is 0 Å². The second kappa shape index (κ2) is 10.2. The van der Waals surface area contributed by atoms with E-state index in [1.807, 2.05) is 6.92 Å². The van der Waals surface area contributed by atoms with Crippen molar-refractivity contribution in [3.05, 3.63) is 93.8 Å². The standard InChI is InChI=1S/C27H24ClF3N2O4/c1-2-16-5-3-4-6-19(16)24(35)32-22-9-7-17(13-21(22)29)25(36)33-12-11-27(30,31)26(37,15-34)20-14-18(28)8-10-23(20)33/h3-10,13-14,34,37H,2,11-12,15H2,1H3,(H,32,35)/t26-/m0/s1. The van der Waals surface area contributed by atoms with Crippen LogP contribution in [0.2, 0.25) is 5.02 Å². The van der Waals surface area contributed by atoms with Crippen molar-refractivity contribution in [2.45, 2.75) is 31.3 Å². The molecular formula is C27H24ClF3N2O4. The molecule has 1 atom stereocenters. The second-order valence-corrected chi connectivity index (χ2v) is 9.19. The molecule has 0 radical (unpaired) electrons. The topological polar surface area (TPSA) is 89.9 Å². The molecule has 0 fully saturated rings. The summed E-state index contributed by atoms with van der Waals surface area (Å²) >= 11 is 5.97. The lowest BCUT2D eigenvalue weighted by molar-refractivity contribution is -0.205. The van der Waals surface area contributed by atoms with Crippen LogP contribution in [0.5, 0.6) is 0 Å². The maximum Gasteiger partial charge on any atom is 0.284 e. The number of carbonyl (C=O) groups excluding carboxylic acids is 2. The highest BCUT2D eigenvalue weighted by atomic mass is 35.5. The van der Waals surface area contributed by atoms with Gasteiger partial charge in [0.1, 0.15) is 5.82 Å². The van der Waals surface area contributed by atoms with Crippen molar-refractivity contribution in [1.82, 2.24) is 0 Å². The minimum absolute atomic E-state index is 0.0199. The number of nitrogens with one attached hydrogen (secondary N) is 1. The van der Waals surface area contributed by atoms with Gasteiger partial charge in [0, 0.05) is 34.7 Å². The summed E-state index contributed by atoms with van der Waals surface area (Å²) in [6, 6.07) is 14.0. The molecule has 10 heteroatoms. The molecule has 0 saturated heterocycles. The fraction of sp³-hybridized carbons (Fsp3) is 0.259. The van der Waals surface area contributed by atoms with Crippen LogP contribution in [0.4, 0.5) is 24.5 Å². The van der Waals surface area contributed by atoms with E-state index in [4.69, 9.17) is 11.6 Å². The largest absolute Gasteiger partial charge is 0.393 e. The van der Waals surface area contributed by atoms with Crippen LogP contribution in [-0.2, 0) is 12.0 Å². The molecular weight excluding hydrogens is 509 g/mol. The molecule has 1 aliphatic rings. The summed E-state index contributed by atoms with van der Waals surface area (Å²) in [5.41, 5.74) is -2.63. The lowest BCUT2D eigenvalue weighted by atomic mass is 9.86. The zero-order valence-corrected chi connectivity index (χ0v) is 20.5. The maximum absolute atomic E-state index is 15.0. The number of rotatable bonds is 5. The van der Waals surface area contributed by atoms with Gasteiger partial charge in [-0.2, -0.15) is 0 Å². The highest BCUT2D eigenvalue weighted by Gasteiger charge is 2.56. The van der Waals surface area contributed by atoms with Crippen LogP contribution in [-0.4, -0.2) is 41.1 Å². The molecule has 0 saturated carbocycles. The van der Waals surface area contributed by atoms with E-state index in [2.05, 4.69) is 5.32 Å². The smallest absolute Gasteiger partial charge is 0.284 e. The van der Waals surface area contributed by atoms with Crippen LogP contribution < -0.4 is 10.2 Å². The number of hydrogen-bond acceptors (Lipinski definition) is 4. The molecule has 6 nitrogen and oxygen atoms in total. The predicted octanol–water partition coefficient (Wildman–Crippen LogP) is 5.16. The highest BCUT2D eigenvalue weighted by Crippen LogP contribution is 2.47. The number of halogens is 4. The minimum Gasteiger partial charge on any atom is -0.393 e. The second-order valence-electron chi connectivity index (χ2n) is 8.75. The number of carbonyl (C=O) groups is 2. The average Bonchev–Trinajstić information content (AvgIpc) is 2.97. The van der Waals surface area contributed by atoms with E-state index < -0.39 is 54.3 Å². The lowest BCUT2D eigenvalue weighted by Crippen LogP contribution is -2.48. The first-order chi connectivity index (χ1) is 17.5.